The van der Waals surface area contributed by atoms with Crippen LogP contribution in [0.2, 0.25) is 0 Å². The summed E-state index contributed by atoms with van der Waals surface area (Å²) in [5, 5.41) is 11.7. The molecule has 2 N–H and O–H groups in total. The van der Waals surface area contributed by atoms with Gasteiger partial charge in [-0.05, 0) is 28.7 Å². The maximum atomic E-state index is 12.2. The standard InChI is InChI=1S/C25H28N2O5/c1-16(24(29)30)17-13-27(14-17)23(28)11-6-12-26-25(31)32-15-22-20-9-4-2-7-18(20)19-8-3-5-10-21(19)22/h2-5,7-10,16-17,22H,6,11-15H2,1H3,(H,26,31)(H,29,30). The van der Waals surface area contributed by atoms with E-state index >= 15 is 0 Å². The van der Waals surface area contributed by atoms with Crippen molar-refractivity contribution in [1.82, 2.24) is 10.2 Å². The summed E-state index contributed by atoms with van der Waals surface area (Å²) in [6, 6.07) is 16.4. The fourth-order valence-corrected chi connectivity index (χ4v) is 4.47. The van der Waals surface area contributed by atoms with Gasteiger partial charge in [-0.3, -0.25) is 9.59 Å². The van der Waals surface area contributed by atoms with Crippen LogP contribution in [0.4, 0.5) is 4.79 Å². The number of benzene rings is 2. The van der Waals surface area contributed by atoms with Crippen molar-refractivity contribution in [3.05, 3.63) is 59.7 Å². The maximum Gasteiger partial charge on any atom is 0.407 e. The van der Waals surface area contributed by atoms with Crippen LogP contribution in [0.1, 0.15) is 36.8 Å². The predicted molar refractivity (Wildman–Crippen MR) is 119 cm³/mol. The number of alkyl carbamates (subject to hydrolysis) is 1. The van der Waals surface area contributed by atoms with E-state index in [0.717, 1.165) is 11.1 Å². The van der Waals surface area contributed by atoms with Gasteiger partial charge in [-0.2, -0.15) is 0 Å². The van der Waals surface area contributed by atoms with Gasteiger partial charge in [0.25, 0.3) is 0 Å². The summed E-state index contributed by atoms with van der Waals surface area (Å²) >= 11 is 0. The Bertz CT molecular complexity index is 969. The van der Waals surface area contributed by atoms with Gasteiger partial charge < -0.3 is 20.1 Å². The minimum Gasteiger partial charge on any atom is -0.481 e. The molecule has 2 aromatic carbocycles. The molecule has 2 amide bonds. The van der Waals surface area contributed by atoms with Gasteiger partial charge in [0.05, 0.1) is 5.92 Å². The van der Waals surface area contributed by atoms with Gasteiger partial charge in [0.2, 0.25) is 5.91 Å². The molecule has 1 saturated heterocycles. The van der Waals surface area contributed by atoms with Crippen molar-refractivity contribution >= 4 is 18.0 Å². The molecule has 0 radical (unpaired) electrons. The highest BCUT2D eigenvalue weighted by molar-refractivity contribution is 5.79. The maximum absolute atomic E-state index is 12.2. The first-order valence-corrected chi connectivity index (χ1v) is 11.0. The Morgan fingerprint density at radius 3 is 2.25 bits per heavy atom. The number of aliphatic carboxylic acids is 1. The molecule has 0 aromatic heterocycles. The van der Waals surface area contributed by atoms with Crippen molar-refractivity contribution in [1.29, 1.82) is 0 Å². The zero-order valence-electron chi connectivity index (χ0n) is 18.1. The molecule has 1 unspecified atom stereocenters. The average molecular weight is 437 g/mol. The molecule has 1 aliphatic carbocycles. The molecule has 1 fully saturated rings. The monoisotopic (exact) mass is 436 g/mol. The number of amides is 2. The minimum atomic E-state index is -0.825. The lowest BCUT2D eigenvalue weighted by atomic mass is 9.87. The van der Waals surface area contributed by atoms with Crippen LogP contribution in [0.25, 0.3) is 11.1 Å². The molecular weight excluding hydrogens is 408 g/mol. The third-order valence-electron chi connectivity index (χ3n) is 6.54. The molecule has 2 aliphatic rings. The first kappa shape index (κ1) is 21.9. The third-order valence-corrected chi connectivity index (χ3v) is 6.54. The van der Waals surface area contributed by atoms with E-state index in [1.165, 1.54) is 11.1 Å². The summed E-state index contributed by atoms with van der Waals surface area (Å²) in [5.41, 5.74) is 4.69. The topological polar surface area (TPSA) is 95.9 Å². The Balaban J connectivity index is 1.18. The number of fused-ring (bicyclic) bond motifs is 3. The van der Waals surface area contributed by atoms with Crippen LogP contribution in [0, 0.1) is 11.8 Å². The lowest BCUT2D eigenvalue weighted by molar-refractivity contribution is -0.150. The number of hydrogen-bond acceptors (Lipinski definition) is 4. The fourth-order valence-electron chi connectivity index (χ4n) is 4.47. The average Bonchev–Trinajstić information content (AvgIpc) is 3.08. The highest BCUT2D eigenvalue weighted by atomic mass is 16.5. The van der Waals surface area contributed by atoms with Gasteiger partial charge in [0.15, 0.2) is 0 Å². The van der Waals surface area contributed by atoms with Crippen LogP contribution in [0.15, 0.2) is 48.5 Å². The first-order chi connectivity index (χ1) is 15.5. The summed E-state index contributed by atoms with van der Waals surface area (Å²) < 4.78 is 5.49. The second kappa shape index (κ2) is 9.42. The van der Waals surface area contributed by atoms with Gasteiger partial charge in [0.1, 0.15) is 6.61 Å². The highest BCUT2D eigenvalue weighted by Gasteiger charge is 2.36. The van der Waals surface area contributed by atoms with Gasteiger partial charge in [-0.25, -0.2) is 4.79 Å². The number of likely N-dealkylation sites (tertiary alicyclic amines) is 1. The Hall–Kier alpha value is -3.35. The molecule has 7 heteroatoms. The zero-order chi connectivity index (χ0) is 22.7. The molecule has 0 bridgehead atoms. The van der Waals surface area contributed by atoms with Gasteiger partial charge >= 0.3 is 12.1 Å². The van der Waals surface area contributed by atoms with Crippen molar-refractivity contribution in [3.8, 4) is 11.1 Å². The molecular formula is C25H28N2O5. The van der Waals surface area contributed by atoms with E-state index in [0.29, 0.717) is 32.5 Å². The van der Waals surface area contributed by atoms with Crippen LogP contribution in [-0.2, 0) is 14.3 Å². The number of nitrogens with zero attached hydrogens (tertiary/aromatic N) is 1. The van der Waals surface area contributed by atoms with Crippen molar-refractivity contribution in [2.75, 3.05) is 26.2 Å². The Labute approximate surface area is 187 Å². The minimum absolute atomic E-state index is 0.00632. The second-order valence-electron chi connectivity index (χ2n) is 8.54. The molecule has 1 heterocycles. The van der Waals surface area contributed by atoms with E-state index < -0.39 is 18.0 Å². The second-order valence-corrected chi connectivity index (χ2v) is 8.54. The summed E-state index contributed by atoms with van der Waals surface area (Å²) in [5.74, 6) is -1.23. The van der Waals surface area contributed by atoms with Gasteiger partial charge in [-0.1, -0.05) is 55.5 Å². The van der Waals surface area contributed by atoms with Crippen molar-refractivity contribution < 1.29 is 24.2 Å². The quantitative estimate of drug-likeness (QED) is 0.618. The van der Waals surface area contributed by atoms with Crippen molar-refractivity contribution in [2.24, 2.45) is 11.8 Å². The molecule has 168 valence electrons. The summed E-state index contributed by atoms with van der Waals surface area (Å²) in [4.78, 5) is 37.0. The Kier molecular flexibility index (Phi) is 6.44. The smallest absolute Gasteiger partial charge is 0.407 e. The largest absolute Gasteiger partial charge is 0.481 e. The van der Waals surface area contributed by atoms with E-state index in [1.807, 2.05) is 24.3 Å². The third kappa shape index (κ3) is 4.47. The number of nitrogens with one attached hydrogen (secondary N) is 1. The first-order valence-electron chi connectivity index (χ1n) is 11.0. The summed E-state index contributed by atoms with van der Waals surface area (Å²) in [6.07, 6.45) is 0.342. The number of rotatable bonds is 8. The van der Waals surface area contributed by atoms with E-state index in [4.69, 9.17) is 9.84 Å². The Morgan fingerprint density at radius 1 is 1.06 bits per heavy atom. The lowest BCUT2D eigenvalue weighted by Crippen LogP contribution is -2.53. The van der Waals surface area contributed by atoms with Gasteiger partial charge in [0, 0.05) is 37.9 Å². The van der Waals surface area contributed by atoms with E-state index in [-0.39, 0.29) is 24.3 Å². The zero-order valence-corrected chi connectivity index (χ0v) is 18.1. The number of carboxylic acid groups (broad SMARTS) is 1. The SMILES string of the molecule is CC(C(=O)O)C1CN(C(=O)CCCNC(=O)OCC2c3ccccc3-c3ccccc32)C1. The lowest BCUT2D eigenvalue weighted by Gasteiger charge is -2.41. The molecule has 1 atom stereocenters. The van der Waals surface area contributed by atoms with E-state index in [1.54, 1.807) is 11.8 Å². The molecule has 1 aliphatic heterocycles. The number of carbonyl (C=O) groups is 3. The summed E-state index contributed by atoms with van der Waals surface area (Å²) in [7, 11) is 0. The highest BCUT2D eigenvalue weighted by Crippen LogP contribution is 2.44. The van der Waals surface area contributed by atoms with Crippen LogP contribution in [-0.4, -0.2) is 54.2 Å². The van der Waals surface area contributed by atoms with Crippen molar-refractivity contribution in [2.45, 2.75) is 25.7 Å². The van der Waals surface area contributed by atoms with E-state index in [9.17, 15) is 14.4 Å². The predicted octanol–water partition coefficient (Wildman–Crippen LogP) is 3.48. The number of carbonyl (C=O) groups excluding carboxylic acids is 2. The molecule has 32 heavy (non-hydrogen) atoms. The summed E-state index contributed by atoms with van der Waals surface area (Å²) in [6.45, 7) is 3.27. The van der Waals surface area contributed by atoms with Crippen LogP contribution in [0.5, 0.6) is 0 Å². The molecule has 2 aromatic rings. The number of ether oxygens (including phenoxy) is 1. The van der Waals surface area contributed by atoms with Gasteiger partial charge in [-0.15, -0.1) is 0 Å². The van der Waals surface area contributed by atoms with Crippen LogP contribution in [0.3, 0.4) is 0 Å². The normalized spacial score (nSPS) is 16.0. The molecule has 0 spiro atoms. The molecule has 7 nitrogen and oxygen atoms in total. The Morgan fingerprint density at radius 2 is 1.66 bits per heavy atom. The van der Waals surface area contributed by atoms with E-state index in [2.05, 4.69) is 29.6 Å². The van der Waals surface area contributed by atoms with Crippen LogP contribution >= 0.6 is 0 Å². The number of hydrogen-bond donors (Lipinski definition) is 2. The molecule has 0 saturated carbocycles. The van der Waals surface area contributed by atoms with Crippen LogP contribution < -0.4 is 5.32 Å². The van der Waals surface area contributed by atoms with Crippen molar-refractivity contribution in [3.63, 3.8) is 0 Å². The molecule has 4 rings (SSSR count). The number of carboxylic acids is 1. The fraction of sp³-hybridized carbons (Fsp3) is 0.400.